The summed E-state index contributed by atoms with van der Waals surface area (Å²) >= 11 is 0. The molecule has 22 heavy (non-hydrogen) atoms. The Balaban J connectivity index is 1.83. The molecule has 2 heterocycles. The number of benzene rings is 1. The Morgan fingerprint density at radius 2 is 1.86 bits per heavy atom. The van der Waals surface area contributed by atoms with Crippen LogP contribution >= 0.6 is 0 Å². The van der Waals surface area contributed by atoms with E-state index in [0.29, 0.717) is 11.5 Å². The fourth-order valence-electron chi connectivity index (χ4n) is 2.95. The number of hydrogen-bond acceptors (Lipinski definition) is 1. The molecule has 2 aromatic rings. The number of amides is 1. The maximum absolute atomic E-state index is 13.0. The summed E-state index contributed by atoms with van der Waals surface area (Å²) in [6, 6.07) is 8.18. The summed E-state index contributed by atoms with van der Waals surface area (Å²) in [4.78, 5) is 17.8. The number of halogens is 1. The zero-order chi connectivity index (χ0) is 15.7. The molecule has 4 heteroatoms. The highest BCUT2D eigenvalue weighted by Gasteiger charge is 2.23. The Morgan fingerprint density at radius 1 is 1.23 bits per heavy atom. The van der Waals surface area contributed by atoms with Crippen LogP contribution in [0.1, 0.15) is 35.8 Å². The van der Waals surface area contributed by atoms with Gasteiger partial charge in [0.15, 0.2) is 0 Å². The Bertz CT molecular complexity index is 667. The van der Waals surface area contributed by atoms with E-state index in [1.165, 1.54) is 12.1 Å². The summed E-state index contributed by atoms with van der Waals surface area (Å²) in [7, 11) is 0. The maximum atomic E-state index is 13.0. The first-order chi connectivity index (χ1) is 10.5. The van der Waals surface area contributed by atoms with Crippen molar-refractivity contribution in [3.63, 3.8) is 0 Å². The third-order valence-corrected chi connectivity index (χ3v) is 4.47. The van der Waals surface area contributed by atoms with E-state index in [1.807, 2.05) is 17.9 Å². The van der Waals surface area contributed by atoms with Crippen LogP contribution < -0.4 is 0 Å². The quantitative estimate of drug-likeness (QED) is 0.894. The van der Waals surface area contributed by atoms with Crippen molar-refractivity contribution >= 4 is 5.91 Å². The van der Waals surface area contributed by atoms with Crippen LogP contribution in [0.2, 0.25) is 0 Å². The molecule has 0 saturated carbocycles. The molecule has 3 nitrogen and oxygen atoms in total. The second-order valence-electron chi connectivity index (χ2n) is 6.20. The largest absolute Gasteiger partial charge is 0.358 e. The van der Waals surface area contributed by atoms with Gasteiger partial charge in [0.05, 0.1) is 5.56 Å². The monoisotopic (exact) mass is 300 g/mol. The highest BCUT2D eigenvalue weighted by Crippen LogP contribution is 2.25. The first-order valence-corrected chi connectivity index (χ1v) is 7.79. The molecule has 0 spiro atoms. The maximum Gasteiger partial charge on any atom is 0.255 e. The van der Waals surface area contributed by atoms with Crippen molar-refractivity contribution in [1.29, 1.82) is 0 Å². The lowest BCUT2D eigenvalue weighted by Crippen LogP contribution is -2.38. The van der Waals surface area contributed by atoms with Crippen molar-refractivity contribution in [2.75, 3.05) is 13.1 Å². The average Bonchev–Trinajstić information content (AvgIpc) is 2.90. The van der Waals surface area contributed by atoms with Crippen molar-refractivity contribution < 1.29 is 9.18 Å². The van der Waals surface area contributed by atoms with Gasteiger partial charge in [-0.05, 0) is 61.6 Å². The molecule has 1 aliphatic heterocycles. The molecule has 3 rings (SSSR count). The average molecular weight is 300 g/mol. The Morgan fingerprint density at radius 3 is 2.50 bits per heavy atom. The van der Waals surface area contributed by atoms with Gasteiger partial charge in [-0.15, -0.1) is 0 Å². The highest BCUT2D eigenvalue weighted by molar-refractivity contribution is 5.96. The third-order valence-electron chi connectivity index (χ3n) is 4.47. The second-order valence-corrected chi connectivity index (χ2v) is 6.20. The first-order valence-electron chi connectivity index (χ1n) is 7.79. The zero-order valence-electron chi connectivity index (χ0n) is 13.0. The number of aromatic nitrogens is 1. The van der Waals surface area contributed by atoms with Gasteiger partial charge in [0.25, 0.3) is 5.91 Å². The van der Waals surface area contributed by atoms with E-state index in [-0.39, 0.29) is 11.7 Å². The number of likely N-dealkylation sites (tertiary alicyclic amines) is 1. The van der Waals surface area contributed by atoms with Gasteiger partial charge in [-0.2, -0.15) is 0 Å². The van der Waals surface area contributed by atoms with Crippen LogP contribution in [0.5, 0.6) is 0 Å². The standard InChI is InChI=1S/C18H21FN2O/c1-12-7-9-21(10-8-12)18(22)16-11-17(20-13(16)2)14-3-5-15(19)6-4-14/h3-6,11-12,20H,7-10H2,1-2H3. The number of carbonyl (C=O) groups is 1. The molecule has 1 aromatic heterocycles. The molecule has 1 fully saturated rings. The molecule has 1 N–H and O–H groups in total. The molecule has 0 aliphatic carbocycles. The summed E-state index contributed by atoms with van der Waals surface area (Å²) in [6.45, 7) is 5.80. The number of H-pyrrole nitrogens is 1. The number of aromatic amines is 1. The minimum absolute atomic E-state index is 0.0917. The molecule has 1 aliphatic rings. The summed E-state index contributed by atoms with van der Waals surface area (Å²) in [5, 5.41) is 0. The molecule has 1 aromatic carbocycles. The molecule has 1 amide bonds. The summed E-state index contributed by atoms with van der Waals surface area (Å²) in [5.41, 5.74) is 3.32. The Labute approximate surface area is 130 Å². The van der Waals surface area contributed by atoms with Crippen molar-refractivity contribution in [1.82, 2.24) is 9.88 Å². The minimum atomic E-state index is -0.259. The lowest BCUT2D eigenvalue weighted by molar-refractivity contribution is 0.0696. The van der Waals surface area contributed by atoms with Gasteiger partial charge in [-0.3, -0.25) is 4.79 Å². The van der Waals surface area contributed by atoms with Gasteiger partial charge in [-0.1, -0.05) is 6.92 Å². The van der Waals surface area contributed by atoms with Gasteiger partial charge in [-0.25, -0.2) is 4.39 Å². The molecule has 116 valence electrons. The fraction of sp³-hybridized carbons (Fsp3) is 0.389. The van der Waals surface area contributed by atoms with E-state index in [0.717, 1.165) is 42.9 Å². The predicted molar refractivity (Wildman–Crippen MR) is 85.2 cm³/mol. The van der Waals surface area contributed by atoms with Crippen LogP contribution in [0.3, 0.4) is 0 Å². The SMILES string of the molecule is Cc1[nH]c(-c2ccc(F)cc2)cc1C(=O)N1CCC(C)CC1. The zero-order valence-corrected chi connectivity index (χ0v) is 13.0. The van der Waals surface area contributed by atoms with Gasteiger partial charge in [0.2, 0.25) is 0 Å². The van der Waals surface area contributed by atoms with Gasteiger partial charge >= 0.3 is 0 Å². The molecule has 0 bridgehead atoms. The molecule has 1 saturated heterocycles. The van der Waals surface area contributed by atoms with Crippen LogP contribution in [0.15, 0.2) is 30.3 Å². The number of hydrogen-bond donors (Lipinski definition) is 1. The van der Waals surface area contributed by atoms with E-state index in [2.05, 4.69) is 11.9 Å². The van der Waals surface area contributed by atoms with Crippen LogP contribution in [0, 0.1) is 18.7 Å². The number of aryl methyl sites for hydroxylation is 1. The van der Waals surface area contributed by atoms with E-state index < -0.39 is 0 Å². The molecule has 0 radical (unpaired) electrons. The summed E-state index contributed by atoms with van der Waals surface area (Å²) < 4.78 is 13.0. The number of carbonyl (C=O) groups excluding carboxylic acids is 1. The number of piperidine rings is 1. The summed E-state index contributed by atoms with van der Waals surface area (Å²) in [5.74, 6) is 0.533. The smallest absolute Gasteiger partial charge is 0.255 e. The van der Waals surface area contributed by atoms with E-state index >= 15 is 0 Å². The highest BCUT2D eigenvalue weighted by atomic mass is 19.1. The van der Waals surface area contributed by atoms with Crippen molar-refractivity contribution in [2.45, 2.75) is 26.7 Å². The van der Waals surface area contributed by atoms with E-state index in [9.17, 15) is 9.18 Å². The number of nitrogens with one attached hydrogen (secondary N) is 1. The van der Waals surface area contributed by atoms with Crippen LogP contribution in [0.25, 0.3) is 11.3 Å². The second kappa shape index (κ2) is 5.95. The van der Waals surface area contributed by atoms with E-state index in [1.54, 1.807) is 12.1 Å². The van der Waals surface area contributed by atoms with Gasteiger partial charge in [0.1, 0.15) is 5.82 Å². The molecular weight excluding hydrogens is 279 g/mol. The van der Waals surface area contributed by atoms with Crippen LogP contribution in [0.4, 0.5) is 4.39 Å². The third kappa shape index (κ3) is 2.91. The Kier molecular flexibility index (Phi) is 4.01. The lowest BCUT2D eigenvalue weighted by Gasteiger charge is -2.30. The van der Waals surface area contributed by atoms with Gasteiger partial charge < -0.3 is 9.88 Å². The number of nitrogens with zero attached hydrogens (tertiary/aromatic N) is 1. The van der Waals surface area contributed by atoms with Crippen molar-refractivity contribution in [3.8, 4) is 11.3 Å². The molecular formula is C18H21FN2O. The number of rotatable bonds is 2. The molecule has 0 atom stereocenters. The topological polar surface area (TPSA) is 36.1 Å². The van der Waals surface area contributed by atoms with E-state index in [4.69, 9.17) is 0 Å². The molecule has 0 unspecified atom stereocenters. The van der Waals surface area contributed by atoms with Crippen molar-refractivity contribution in [3.05, 3.63) is 47.4 Å². The van der Waals surface area contributed by atoms with Crippen LogP contribution in [-0.4, -0.2) is 28.9 Å². The summed E-state index contributed by atoms with van der Waals surface area (Å²) in [6.07, 6.45) is 2.14. The fourth-order valence-corrected chi connectivity index (χ4v) is 2.95. The van der Waals surface area contributed by atoms with Crippen LogP contribution in [-0.2, 0) is 0 Å². The predicted octanol–water partition coefficient (Wildman–Crippen LogP) is 4.00. The Hall–Kier alpha value is -2.10. The first kappa shape index (κ1) is 14.8. The normalized spacial score (nSPS) is 16.0. The van der Waals surface area contributed by atoms with Gasteiger partial charge in [0, 0.05) is 24.5 Å². The minimum Gasteiger partial charge on any atom is -0.358 e. The lowest BCUT2D eigenvalue weighted by atomic mass is 9.98. The van der Waals surface area contributed by atoms with Crippen molar-refractivity contribution in [2.24, 2.45) is 5.92 Å².